The van der Waals surface area contributed by atoms with Crippen LogP contribution in [0.15, 0.2) is 52.6 Å². The highest BCUT2D eigenvalue weighted by Gasteiger charge is 2.16. The number of hydrogen-bond acceptors (Lipinski definition) is 3. The Morgan fingerprint density at radius 3 is 2.64 bits per heavy atom. The summed E-state index contributed by atoms with van der Waals surface area (Å²) in [5.41, 5.74) is 2.24. The van der Waals surface area contributed by atoms with E-state index in [1.807, 2.05) is 43.5 Å². The number of anilines is 2. The Kier molecular flexibility index (Phi) is 5.14. The molecule has 0 radical (unpaired) electrons. The lowest BCUT2D eigenvalue weighted by atomic mass is 9.96. The van der Waals surface area contributed by atoms with E-state index in [9.17, 15) is 4.79 Å². The minimum Gasteiger partial charge on any atom is -0.326 e. The molecule has 2 aromatic heterocycles. The van der Waals surface area contributed by atoms with E-state index in [1.165, 1.54) is 19.3 Å². The van der Waals surface area contributed by atoms with Crippen LogP contribution in [0.4, 0.5) is 11.5 Å². The van der Waals surface area contributed by atoms with Crippen LogP contribution in [-0.4, -0.2) is 26.0 Å². The van der Waals surface area contributed by atoms with Crippen molar-refractivity contribution in [3.8, 4) is 0 Å². The Hall–Kier alpha value is -3.09. The molecule has 28 heavy (non-hydrogen) atoms. The van der Waals surface area contributed by atoms with E-state index in [4.69, 9.17) is 4.99 Å². The highest BCUT2D eigenvalue weighted by molar-refractivity contribution is 6.05. The summed E-state index contributed by atoms with van der Waals surface area (Å²) in [7, 11) is 1.77. The predicted octanol–water partition coefficient (Wildman–Crippen LogP) is 3.55. The molecule has 0 atom stereocenters. The summed E-state index contributed by atoms with van der Waals surface area (Å²) in [4.78, 5) is 22.1. The third kappa shape index (κ3) is 3.78. The van der Waals surface area contributed by atoms with Crippen molar-refractivity contribution in [1.29, 1.82) is 0 Å². The molecule has 4 rings (SSSR count). The average molecular weight is 378 g/mol. The van der Waals surface area contributed by atoms with Crippen LogP contribution >= 0.6 is 0 Å². The quantitative estimate of drug-likeness (QED) is 0.540. The Balaban J connectivity index is 1.69. The summed E-state index contributed by atoms with van der Waals surface area (Å²) < 4.78 is 3.39. The maximum absolute atomic E-state index is 12.8. The lowest BCUT2D eigenvalue weighted by Crippen LogP contribution is -2.27. The van der Waals surface area contributed by atoms with Gasteiger partial charge < -0.3 is 15.2 Å². The lowest BCUT2D eigenvalue weighted by molar-refractivity contribution is 0.443. The van der Waals surface area contributed by atoms with Crippen LogP contribution in [0.1, 0.15) is 37.8 Å². The van der Waals surface area contributed by atoms with Crippen LogP contribution in [0.3, 0.4) is 0 Å². The number of nitrogens with zero attached hydrogens (tertiary/aromatic N) is 4. The van der Waals surface area contributed by atoms with Gasteiger partial charge in [0.15, 0.2) is 11.3 Å². The van der Waals surface area contributed by atoms with E-state index in [0.29, 0.717) is 17.3 Å². The van der Waals surface area contributed by atoms with E-state index in [0.717, 1.165) is 24.2 Å². The van der Waals surface area contributed by atoms with Crippen LogP contribution in [0.25, 0.3) is 5.52 Å². The van der Waals surface area contributed by atoms with Gasteiger partial charge in [-0.25, -0.2) is 9.98 Å². The number of aliphatic imine (C=N–C) groups is 1. The van der Waals surface area contributed by atoms with Crippen molar-refractivity contribution in [3.05, 3.63) is 58.9 Å². The van der Waals surface area contributed by atoms with Crippen molar-refractivity contribution < 1.29 is 0 Å². The van der Waals surface area contributed by atoms with Gasteiger partial charge in [0, 0.05) is 24.6 Å². The number of fused-ring (bicyclic) bond motifs is 1. The van der Waals surface area contributed by atoms with Crippen LogP contribution < -0.4 is 16.2 Å². The summed E-state index contributed by atoms with van der Waals surface area (Å²) in [5.74, 6) is 1.14. The normalized spacial score (nSPS) is 15.7. The molecule has 2 heterocycles. The average Bonchev–Trinajstić information content (AvgIpc) is 3.10. The second-order valence-corrected chi connectivity index (χ2v) is 7.37. The fourth-order valence-electron chi connectivity index (χ4n) is 3.63. The molecule has 3 aromatic rings. The molecule has 0 amide bonds. The number of imidazole rings is 1. The molecule has 0 bridgehead atoms. The predicted molar refractivity (Wildman–Crippen MR) is 113 cm³/mol. The zero-order chi connectivity index (χ0) is 19.5. The summed E-state index contributed by atoms with van der Waals surface area (Å²) in [6.45, 7) is 1.90. The molecular weight excluding hydrogens is 352 g/mol. The second-order valence-electron chi connectivity index (χ2n) is 7.37. The SMILES string of the molecule is Cc1cn2cnc(NC(=NC3CCCCC3)Nc3ccccc3)c2c(=O)n1C. The zero-order valence-corrected chi connectivity index (χ0v) is 16.4. The first-order valence-electron chi connectivity index (χ1n) is 9.82. The molecule has 1 aliphatic carbocycles. The van der Waals surface area contributed by atoms with Crippen molar-refractivity contribution in [3.63, 3.8) is 0 Å². The number of rotatable bonds is 3. The lowest BCUT2D eigenvalue weighted by Gasteiger charge is -2.20. The molecule has 1 saturated carbocycles. The van der Waals surface area contributed by atoms with Crippen LogP contribution in [0.2, 0.25) is 0 Å². The molecule has 2 N–H and O–H groups in total. The highest BCUT2D eigenvalue weighted by atomic mass is 16.1. The molecule has 0 spiro atoms. The maximum atomic E-state index is 12.8. The number of hydrogen-bond donors (Lipinski definition) is 2. The summed E-state index contributed by atoms with van der Waals surface area (Å²) in [6, 6.07) is 10.2. The van der Waals surface area contributed by atoms with Gasteiger partial charge in [-0.1, -0.05) is 37.5 Å². The van der Waals surface area contributed by atoms with Gasteiger partial charge in [-0.05, 0) is 31.9 Å². The first-order valence-corrected chi connectivity index (χ1v) is 9.82. The summed E-state index contributed by atoms with van der Waals surface area (Å²) in [6.07, 6.45) is 9.44. The highest BCUT2D eigenvalue weighted by Crippen LogP contribution is 2.21. The summed E-state index contributed by atoms with van der Waals surface area (Å²) >= 11 is 0. The third-order valence-corrected chi connectivity index (χ3v) is 5.32. The number of aromatic nitrogens is 3. The van der Waals surface area contributed by atoms with Gasteiger partial charge in [0.2, 0.25) is 5.96 Å². The van der Waals surface area contributed by atoms with Crippen molar-refractivity contribution >= 4 is 23.0 Å². The molecule has 146 valence electrons. The minimum absolute atomic E-state index is 0.0864. The van der Waals surface area contributed by atoms with Crippen LogP contribution in [0, 0.1) is 6.92 Å². The topological polar surface area (TPSA) is 75.7 Å². The second kappa shape index (κ2) is 7.88. The van der Waals surface area contributed by atoms with Crippen LogP contribution in [-0.2, 0) is 7.05 Å². The molecule has 1 aliphatic rings. The molecule has 0 aliphatic heterocycles. The van der Waals surface area contributed by atoms with Crippen molar-refractivity contribution in [2.24, 2.45) is 12.0 Å². The molecular formula is C21H26N6O. The number of benzene rings is 1. The number of aryl methyl sites for hydroxylation is 1. The van der Waals surface area contributed by atoms with Gasteiger partial charge in [-0.2, -0.15) is 0 Å². The Morgan fingerprint density at radius 2 is 1.89 bits per heavy atom. The first-order chi connectivity index (χ1) is 13.6. The van der Waals surface area contributed by atoms with Crippen molar-refractivity contribution in [2.75, 3.05) is 10.6 Å². The van der Waals surface area contributed by atoms with E-state index in [-0.39, 0.29) is 11.6 Å². The van der Waals surface area contributed by atoms with E-state index < -0.39 is 0 Å². The smallest absolute Gasteiger partial charge is 0.278 e. The fraction of sp³-hybridized carbons (Fsp3) is 0.381. The molecule has 1 fully saturated rings. The van der Waals surface area contributed by atoms with Crippen molar-refractivity contribution in [2.45, 2.75) is 45.1 Å². The molecule has 0 saturated heterocycles. The van der Waals surface area contributed by atoms with Gasteiger partial charge in [-0.3, -0.25) is 9.20 Å². The molecule has 7 heteroatoms. The molecule has 0 unspecified atom stereocenters. The van der Waals surface area contributed by atoms with Gasteiger partial charge in [0.25, 0.3) is 5.56 Å². The standard InChI is InChI=1S/C21H26N6O/c1-15-13-27-14-22-19(18(27)20(28)26(15)2)25-21(23-16-9-5-3-6-10-16)24-17-11-7-4-8-12-17/h3,5-6,9-10,13-14,17H,4,7-8,11-12H2,1-2H3,(H2,23,24,25). The Labute approximate surface area is 164 Å². The largest absolute Gasteiger partial charge is 0.326 e. The fourth-order valence-corrected chi connectivity index (χ4v) is 3.63. The maximum Gasteiger partial charge on any atom is 0.278 e. The Morgan fingerprint density at radius 1 is 1.14 bits per heavy atom. The van der Waals surface area contributed by atoms with Gasteiger partial charge in [-0.15, -0.1) is 0 Å². The number of para-hydroxylation sites is 1. The minimum atomic E-state index is -0.0864. The number of guanidine groups is 1. The van der Waals surface area contributed by atoms with Gasteiger partial charge in [0.1, 0.15) is 6.33 Å². The first kappa shape index (κ1) is 18.3. The van der Waals surface area contributed by atoms with Crippen LogP contribution in [0.5, 0.6) is 0 Å². The summed E-state index contributed by atoms with van der Waals surface area (Å²) in [5, 5.41) is 6.63. The van der Waals surface area contributed by atoms with E-state index >= 15 is 0 Å². The number of nitrogens with one attached hydrogen (secondary N) is 2. The molecule has 1 aromatic carbocycles. The Bertz CT molecular complexity index is 1040. The third-order valence-electron chi connectivity index (χ3n) is 5.32. The zero-order valence-electron chi connectivity index (χ0n) is 16.4. The molecule has 7 nitrogen and oxygen atoms in total. The van der Waals surface area contributed by atoms with E-state index in [2.05, 4.69) is 15.6 Å². The van der Waals surface area contributed by atoms with Crippen molar-refractivity contribution in [1.82, 2.24) is 14.0 Å². The monoisotopic (exact) mass is 378 g/mol. The van der Waals surface area contributed by atoms with E-state index in [1.54, 1.807) is 22.3 Å². The van der Waals surface area contributed by atoms with Gasteiger partial charge >= 0.3 is 0 Å². The van der Waals surface area contributed by atoms with Gasteiger partial charge in [0.05, 0.1) is 6.04 Å².